The number of nitrogens with one attached hydrogen (secondary N) is 1. The van der Waals surface area contributed by atoms with Crippen LogP contribution in [0.15, 0.2) is 162 Å². The van der Waals surface area contributed by atoms with Gasteiger partial charge in [-0.25, -0.2) is 24.4 Å². The van der Waals surface area contributed by atoms with E-state index < -0.39 is 17.9 Å². The summed E-state index contributed by atoms with van der Waals surface area (Å²) in [7, 11) is 1.32. The third-order valence-electron chi connectivity index (χ3n) is 11.1. The molecule has 0 aliphatic carbocycles. The number of carbonyl (C=O) groups is 4. The molecule has 9 aromatic rings. The fraction of sp³-hybridized carbons (Fsp3) is 0.0545. The van der Waals surface area contributed by atoms with Crippen molar-refractivity contribution in [1.82, 2.24) is 15.3 Å². The third kappa shape index (κ3) is 12.1. The van der Waals surface area contributed by atoms with Crippen molar-refractivity contribution in [2.75, 3.05) is 13.7 Å². The van der Waals surface area contributed by atoms with E-state index in [1.165, 1.54) is 41.9 Å². The molecule has 354 valence electrons. The Morgan fingerprint density at radius 2 is 0.986 bits per heavy atom. The van der Waals surface area contributed by atoms with Crippen molar-refractivity contribution < 1.29 is 34.1 Å². The Balaban J connectivity index is 0.000000194. The fourth-order valence-corrected chi connectivity index (χ4v) is 9.61. The Morgan fingerprint density at radius 1 is 0.521 bits per heavy atom. The molecule has 0 atom stereocenters. The number of hydrogen-bond donors (Lipinski definition) is 3. The first-order valence-corrected chi connectivity index (χ1v) is 24.7. The van der Waals surface area contributed by atoms with Crippen LogP contribution in [-0.2, 0) is 11.2 Å². The lowest BCUT2D eigenvalue weighted by atomic mass is 9.96. The minimum Gasteiger partial charge on any atom is -0.478 e. The number of halogens is 4. The molecule has 1 amide bonds. The van der Waals surface area contributed by atoms with Gasteiger partial charge in [0.2, 0.25) is 0 Å². The molecule has 10 nitrogen and oxygen atoms in total. The highest BCUT2D eigenvalue weighted by Gasteiger charge is 2.19. The van der Waals surface area contributed by atoms with E-state index in [-0.39, 0.29) is 17.0 Å². The first kappa shape index (κ1) is 50.2. The first-order valence-electron chi connectivity index (χ1n) is 21.4. The minimum absolute atomic E-state index is 0.152. The van der Waals surface area contributed by atoms with Crippen LogP contribution in [0.3, 0.4) is 0 Å². The lowest BCUT2D eigenvalue weighted by Gasteiger charge is -2.10. The molecule has 7 aromatic carbocycles. The van der Waals surface area contributed by atoms with Gasteiger partial charge in [-0.3, -0.25) is 4.79 Å². The van der Waals surface area contributed by atoms with Crippen LogP contribution in [0.1, 0.15) is 47.0 Å². The maximum Gasteiger partial charge on any atom is 0.338 e. The van der Waals surface area contributed by atoms with E-state index in [2.05, 4.69) is 15.3 Å². The molecule has 0 fully saturated rings. The van der Waals surface area contributed by atoms with Crippen LogP contribution in [0.5, 0.6) is 0 Å². The molecule has 0 unspecified atom stereocenters. The van der Waals surface area contributed by atoms with Crippen LogP contribution in [0.4, 0.5) is 0 Å². The van der Waals surface area contributed by atoms with E-state index in [9.17, 15) is 24.3 Å². The molecule has 2 aromatic heterocycles. The second-order valence-corrected chi connectivity index (χ2v) is 18.9. The van der Waals surface area contributed by atoms with Gasteiger partial charge in [-0.05, 0) is 94.9 Å². The number of carboxylic acid groups (broad SMARTS) is 2. The molecule has 9 rings (SSSR count). The molecule has 0 saturated carbocycles. The highest BCUT2D eigenvalue weighted by atomic mass is 35.5. The van der Waals surface area contributed by atoms with Gasteiger partial charge in [0.05, 0.1) is 55.3 Å². The van der Waals surface area contributed by atoms with Crippen molar-refractivity contribution in [2.24, 2.45) is 0 Å². The topological polar surface area (TPSA) is 156 Å². The summed E-state index contributed by atoms with van der Waals surface area (Å²) < 4.78 is 4.97. The minimum atomic E-state index is -1.05. The molecule has 0 radical (unpaired) electrons. The molecule has 0 bridgehead atoms. The van der Waals surface area contributed by atoms with Crippen molar-refractivity contribution in [2.45, 2.75) is 6.42 Å². The molecule has 2 heterocycles. The lowest BCUT2D eigenvalue weighted by molar-refractivity contribution is 0.0599. The Labute approximate surface area is 435 Å². The zero-order valence-electron chi connectivity index (χ0n) is 37.2. The summed E-state index contributed by atoms with van der Waals surface area (Å²) in [5.74, 6) is -2.73. The Bertz CT molecular complexity index is 3440. The molecule has 71 heavy (non-hydrogen) atoms. The number of hydrogen-bond acceptors (Lipinski definition) is 9. The van der Waals surface area contributed by atoms with Crippen LogP contribution in [0.2, 0.25) is 20.1 Å². The number of carbonyl (C=O) groups excluding carboxylic acids is 2. The van der Waals surface area contributed by atoms with Gasteiger partial charge >= 0.3 is 17.9 Å². The van der Waals surface area contributed by atoms with Gasteiger partial charge in [-0.15, -0.1) is 22.7 Å². The third-order valence-corrected chi connectivity index (χ3v) is 14.3. The number of carboxylic acids is 2. The molecule has 0 spiro atoms. The number of benzene rings is 7. The highest BCUT2D eigenvalue weighted by Crippen LogP contribution is 2.37. The zero-order valence-corrected chi connectivity index (χ0v) is 41.8. The number of amides is 1. The van der Waals surface area contributed by atoms with Crippen molar-refractivity contribution in [1.29, 1.82) is 0 Å². The van der Waals surface area contributed by atoms with Crippen LogP contribution in [-0.4, -0.2) is 57.7 Å². The Kier molecular flexibility index (Phi) is 16.1. The normalized spacial score (nSPS) is 10.8. The Morgan fingerprint density at radius 3 is 1.46 bits per heavy atom. The number of esters is 1. The molecular formula is C55H37Cl4N3O7S2. The summed E-state index contributed by atoms with van der Waals surface area (Å²) >= 11 is 27.1. The zero-order chi connectivity index (χ0) is 50.2. The SMILES string of the molecule is COC(=O)c1cc(-c2nc(-c3ccc(Cl)c(Cl)c3)cs2)ccc1-c1ccc(C(=O)O)cc1.O=C(NCCc1ccccc1)c1ccc(-c2ccc(-c3nc(-c4ccc(Cl)c(Cl)c4)cs3)cc2C(=O)O)cc1. The van der Waals surface area contributed by atoms with E-state index in [4.69, 9.17) is 56.2 Å². The number of thiazole rings is 2. The van der Waals surface area contributed by atoms with Crippen LogP contribution < -0.4 is 5.32 Å². The van der Waals surface area contributed by atoms with Crippen molar-refractivity contribution in [3.63, 3.8) is 0 Å². The van der Waals surface area contributed by atoms with Crippen LogP contribution in [0, 0.1) is 0 Å². The van der Waals surface area contributed by atoms with Gasteiger partial charge in [0.25, 0.3) is 5.91 Å². The summed E-state index contributed by atoms with van der Waals surface area (Å²) in [6, 6.07) is 44.5. The van der Waals surface area contributed by atoms with Crippen molar-refractivity contribution in [3.8, 4) is 65.9 Å². The summed E-state index contributed by atoms with van der Waals surface area (Å²) in [5.41, 5.74) is 9.55. The standard InChI is InChI=1S/C31H22Cl2N2O3S.C24H15Cl2NO4S/c32-26-13-11-22(17-27(26)33)28-18-39-30(35-28)23-10-12-24(25(16-23)31(37)38)20-6-8-21(9-7-20)29(36)34-15-14-19-4-2-1-3-5-19;1-31-24(30)18-10-16(6-8-17(18)13-2-4-14(5-3-13)23(28)29)22-27-21(12-32-22)15-7-9-19(25)20(26)11-15/h1-13,16-18H,14-15H2,(H,34,36)(H,37,38);2-12H,1H3,(H,28,29). The fourth-order valence-electron chi connectivity index (χ4n) is 7.36. The smallest absolute Gasteiger partial charge is 0.338 e. The molecule has 16 heteroatoms. The predicted octanol–water partition coefficient (Wildman–Crippen LogP) is 15.1. The summed E-state index contributed by atoms with van der Waals surface area (Å²) in [4.78, 5) is 57.7. The summed E-state index contributed by atoms with van der Waals surface area (Å²) in [6.07, 6.45) is 0.743. The van der Waals surface area contributed by atoms with E-state index in [0.717, 1.165) is 45.1 Å². The van der Waals surface area contributed by atoms with E-state index in [0.29, 0.717) is 70.6 Å². The monoisotopic (exact) mass is 1060 g/mol. The number of methoxy groups -OCH3 is 1. The van der Waals surface area contributed by atoms with Gasteiger partial charge in [0.15, 0.2) is 0 Å². The quantitative estimate of drug-likeness (QED) is 0.0957. The van der Waals surface area contributed by atoms with Gasteiger partial charge in [0.1, 0.15) is 10.0 Å². The van der Waals surface area contributed by atoms with E-state index >= 15 is 0 Å². The average Bonchev–Trinajstić information content (AvgIpc) is 4.10. The largest absolute Gasteiger partial charge is 0.478 e. The van der Waals surface area contributed by atoms with Crippen LogP contribution in [0.25, 0.3) is 65.9 Å². The summed E-state index contributed by atoms with van der Waals surface area (Å²) in [5, 5.41) is 29.0. The average molecular weight is 1060 g/mol. The Hall–Kier alpha value is -7.16. The van der Waals surface area contributed by atoms with Gasteiger partial charge in [-0.1, -0.05) is 137 Å². The van der Waals surface area contributed by atoms with Crippen LogP contribution >= 0.6 is 69.1 Å². The van der Waals surface area contributed by atoms with Gasteiger partial charge < -0.3 is 20.3 Å². The maximum atomic E-state index is 12.6. The molecular weight excluding hydrogens is 1020 g/mol. The summed E-state index contributed by atoms with van der Waals surface area (Å²) in [6.45, 7) is 0.527. The molecule has 3 N–H and O–H groups in total. The van der Waals surface area contributed by atoms with Gasteiger partial charge in [-0.2, -0.15) is 0 Å². The maximum absolute atomic E-state index is 12.6. The van der Waals surface area contributed by atoms with Gasteiger partial charge in [0, 0.05) is 45.1 Å². The number of aromatic carboxylic acids is 2. The number of rotatable bonds is 13. The number of aromatic nitrogens is 2. The van der Waals surface area contributed by atoms with Crippen molar-refractivity contribution in [3.05, 3.63) is 210 Å². The van der Waals surface area contributed by atoms with E-state index in [1.54, 1.807) is 84.9 Å². The lowest BCUT2D eigenvalue weighted by Crippen LogP contribution is -2.25. The second-order valence-electron chi connectivity index (χ2n) is 15.6. The van der Waals surface area contributed by atoms with E-state index in [1.807, 2.05) is 65.4 Å². The number of nitrogens with zero attached hydrogens (tertiary/aromatic N) is 2. The second kappa shape index (κ2) is 22.7. The first-order chi connectivity index (χ1) is 34.3. The predicted molar refractivity (Wildman–Crippen MR) is 285 cm³/mol. The van der Waals surface area contributed by atoms with Crippen molar-refractivity contribution >= 4 is 92.9 Å². The number of ether oxygens (including phenoxy) is 1. The molecule has 0 aliphatic rings. The highest BCUT2D eigenvalue weighted by molar-refractivity contribution is 7.13. The molecule has 0 aliphatic heterocycles. The molecule has 0 saturated heterocycles.